The molecule has 0 bridgehead atoms. The second-order valence-corrected chi connectivity index (χ2v) is 8.63. The summed E-state index contributed by atoms with van der Waals surface area (Å²) < 4.78 is 2.56. The molecule has 1 aliphatic rings. The van der Waals surface area contributed by atoms with Gasteiger partial charge in [0.25, 0.3) is 0 Å². The van der Waals surface area contributed by atoms with Gasteiger partial charge in [0, 0.05) is 38.1 Å². The summed E-state index contributed by atoms with van der Waals surface area (Å²) in [7, 11) is 0. The predicted octanol–water partition coefficient (Wildman–Crippen LogP) is 8.01. The normalized spacial score (nSPS) is 16.4. The van der Waals surface area contributed by atoms with Crippen molar-refractivity contribution in [1.82, 2.24) is 9.55 Å². The number of aromatic amines is 1. The summed E-state index contributed by atoms with van der Waals surface area (Å²) in [5.41, 5.74) is 7.60. The molecule has 2 heterocycles. The number of fused-ring (bicyclic) bond motifs is 7. The molecule has 152 valence electrons. The molecular weight excluding hydrogens is 388 g/mol. The SMILES string of the molecule is C1=CC(n2c3ccccc3c3ccc4[nH]c5ccccc5c4c32)CC=C1c1ccccc1. The number of para-hydroxylation sites is 2. The number of nitrogens with zero attached hydrogens (tertiary/aromatic N) is 1. The zero-order chi connectivity index (χ0) is 21.1. The van der Waals surface area contributed by atoms with Crippen molar-refractivity contribution in [3.8, 4) is 0 Å². The van der Waals surface area contributed by atoms with Crippen molar-refractivity contribution >= 4 is 49.2 Å². The molecule has 7 rings (SSSR count). The molecular formula is C30H22N2. The molecule has 32 heavy (non-hydrogen) atoms. The summed E-state index contributed by atoms with van der Waals surface area (Å²) in [4.78, 5) is 3.63. The molecule has 1 aliphatic carbocycles. The molecule has 2 nitrogen and oxygen atoms in total. The number of rotatable bonds is 2. The predicted molar refractivity (Wildman–Crippen MR) is 136 cm³/mol. The molecule has 2 heteroatoms. The largest absolute Gasteiger partial charge is 0.354 e. The summed E-state index contributed by atoms with van der Waals surface area (Å²) in [5.74, 6) is 0. The highest BCUT2D eigenvalue weighted by Gasteiger charge is 2.21. The van der Waals surface area contributed by atoms with Crippen molar-refractivity contribution in [3.63, 3.8) is 0 Å². The third-order valence-corrected chi connectivity index (χ3v) is 6.85. The molecule has 1 unspecified atom stereocenters. The minimum Gasteiger partial charge on any atom is -0.354 e. The smallest absolute Gasteiger partial charge is 0.0598 e. The van der Waals surface area contributed by atoms with Crippen LogP contribution in [0.3, 0.4) is 0 Å². The lowest BCUT2D eigenvalue weighted by Gasteiger charge is -2.21. The molecule has 0 spiro atoms. The monoisotopic (exact) mass is 410 g/mol. The highest BCUT2D eigenvalue weighted by atomic mass is 15.0. The Labute approximate surface area is 186 Å². The van der Waals surface area contributed by atoms with Gasteiger partial charge in [0.15, 0.2) is 0 Å². The number of benzene rings is 4. The molecule has 0 saturated heterocycles. The van der Waals surface area contributed by atoms with Gasteiger partial charge in [-0.15, -0.1) is 0 Å². The Morgan fingerprint density at radius 2 is 1.47 bits per heavy atom. The van der Waals surface area contributed by atoms with E-state index in [-0.39, 0.29) is 6.04 Å². The Hall–Kier alpha value is -4.04. The molecule has 0 aliphatic heterocycles. The Morgan fingerprint density at radius 3 is 2.31 bits per heavy atom. The van der Waals surface area contributed by atoms with Crippen LogP contribution in [0, 0.1) is 0 Å². The Kier molecular flexibility index (Phi) is 3.71. The van der Waals surface area contributed by atoms with Gasteiger partial charge in [-0.05, 0) is 35.8 Å². The lowest BCUT2D eigenvalue weighted by Crippen LogP contribution is -2.08. The highest BCUT2D eigenvalue weighted by Crippen LogP contribution is 2.41. The van der Waals surface area contributed by atoms with E-state index in [1.807, 2.05) is 0 Å². The summed E-state index contributed by atoms with van der Waals surface area (Å²) in [6.07, 6.45) is 8.03. The van der Waals surface area contributed by atoms with E-state index in [0.29, 0.717) is 0 Å². The van der Waals surface area contributed by atoms with Crippen molar-refractivity contribution in [1.29, 1.82) is 0 Å². The lowest BCUT2D eigenvalue weighted by molar-refractivity contribution is 0.651. The maximum absolute atomic E-state index is 3.63. The van der Waals surface area contributed by atoms with Crippen molar-refractivity contribution < 1.29 is 0 Å². The van der Waals surface area contributed by atoms with Gasteiger partial charge in [0.2, 0.25) is 0 Å². The number of H-pyrrole nitrogens is 1. The van der Waals surface area contributed by atoms with E-state index in [1.165, 1.54) is 54.7 Å². The fourth-order valence-electron chi connectivity index (χ4n) is 5.41. The quantitative estimate of drug-likeness (QED) is 0.298. The van der Waals surface area contributed by atoms with E-state index in [0.717, 1.165) is 6.42 Å². The summed E-state index contributed by atoms with van der Waals surface area (Å²) >= 11 is 0. The number of nitrogens with one attached hydrogen (secondary N) is 1. The van der Waals surface area contributed by atoms with E-state index in [2.05, 4.69) is 119 Å². The maximum atomic E-state index is 3.63. The van der Waals surface area contributed by atoms with Crippen LogP contribution >= 0.6 is 0 Å². The van der Waals surface area contributed by atoms with Gasteiger partial charge in [0.05, 0.1) is 11.6 Å². The summed E-state index contributed by atoms with van der Waals surface area (Å²) in [6, 6.07) is 32.9. The van der Waals surface area contributed by atoms with Crippen LogP contribution in [0.1, 0.15) is 18.0 Å². The van der Waals surface area contributed by atoms with Gasteiger partial charge in [-0.2, -0.15) is 0 Å². The number of aromatic nitrogens is 2. The third-order valence-electron chi connectivity index (χ3n) is 6.85. The Balaban J connectivity index is 1.50. The average molecular weight is 411 g/mol. The number of allylic oxidation sites excluding steroid dienone is 4. The van der Waals surface area contributed by atoms with Crippen LogP contribution < -0.4 is 0 Å². The molecule has 0 saturated carbocycles. The number of hydrogen-bond donors (Lipinski definition) is 1. The van der Waals surface area contributed by atoms with E-state index < -0.39 is 0 Å². The maximum Gasteiger partial charge on any atom is 0.0598 e. The first kappa shape index (κ1) is 17.6. The van der Waals surface area contributed by atoms with Crippen molar-refractivity contribution in [2.24, 2.45) is 0 Å². The summed E-state index contributed by atoms with van der Waals surface area (Å²) in [6.45, 7) is 0. The first-order chi connectivity index (χ1) is 15.9. The minimum absolute atomic E-state index is 0.282. The van der Waals surface area contributed by atoms with Crippen molar-refractivity contribution in [2.45, 2.75) is 12.5 Å². The molecule has 0 amide bonds. The van der Waals surface area contributed by atoms with Gasteiger partial charge in [0.1, 0.15) is 0 Å². The molecule has 2 aromatic heterocycles. The fourth-order valence-corrected chi connectivity index (χ4v) is 5.41. The zero-order valence-corrected chi connectivity index (χ0v) is 17.6. The van der Waals surface area contributed by atoms with Crippen LogP contribution in [0.5, 0.6) is 0 Å². The second-order valence-electron chi connectivity index (χ2n) is 8.63. The van der Waals surface area contributed by atoms with E-state index >= 15 is 0 Å². The van der Waals surface area contributed by atoms with Gasteiger partial charge in [-0.3, -0.25) is 0 Å². The van der Waals surface area contributed by atoms with Crippen LogP contribution in [-0.4, -0.2) is 9.55 Å². The minimum atomic E-state index is 0.282. The first-order valence-corrected chi connectivity index (χ1v) is 11.2. The number of hydrogen-bond acceptors (Lipinski definition) is 0. The van der Waals surface area contributed by atoms with Crippen LogP contribution in [0.15, 0.2) is 109 Å². The molecule has 1 atom stereocenters. The molecule has 0 radical (unpaired) electrons. The summed E-state index contributed by atoms with van der Waals surface area (Å²) in [5, 5.41) is 5.25. The van der Waals surface area contributed by atoms with Crippen LogP contribution in [0.4, 0.5) is 0 Å². The van der Waals surface area contributed by atoms with E-state index in [9.17, 15) is 0 Å². The van der Waals surface area contributed by atoms with Crippen molar-refractivity contribution in [2.75, 3.05) is 0 Å². The van der Waals surface area contributed by atoms with Crippen LogP contribution in [0.2, 0.25) is 0 Å². The van der Waals surface area contributed by atoms with E-state index in [4.69, 9.17) is 0 Å². The fraction of sp³-hybridized carbons (Fsp3) is 0.0667. The molecule has 6 aromatic rings. The highest BCUT2D eigenvalue weighted by molar-refractivity contribution is 6.24. The topological polar surface area (TPSA) is 20.7 Å². The van der Waals surface area contributed by atoms with Crippen LogP contribution in [-0.2, 0) is 0 Å². The zero-order valence-electron chi connectivity index (χ0n) is 17.6. The van der Waals surface area contributed by atoms with Gasteiger partial charge in [-0.1, -0.05) is 91.0 Å². The first-order valence-electron chi connectivity index (χ1n) is 11.2. The third kappa shape index (κ3) is 2.47. The van der Waals surface area contributed by atoms with Gasteiger partial charge >= 0.3 is 0 Å². The van der Waals surface area contributed by atoms with Gasteiger partial charge < -0.3 is 9.55 Å². The standard InChI is InChI=1S/C30H22N2/c1-2-8-20(9-3-1)21-14-16-22(17-15-21)32-28-13-7-5-10-23(28)24-18-19-27-29(30(24)32)25-11-4-6-12-26(25)31-27/h1-16,18-19,22,31H,17H2. The molecule has 0 fully saturated rings. The Bertz CT molecular complexity index is 1690. The Morgan fingerprint density at radius 1 is 0.688 bits per heavy atom. The van der Waals surface area contributed by atoms with Crippen molar-refractivity contribution in [3.05, 3.63) is 115 Å². The van der Waals surface area contributed by atoms with Gasteiger partial charge in [-0.25, -0.2) is 0 Å². The second kappa shape index (κ2) is 6.73. The van der Waals surface area contributed by atoms with Crippen LogP contribution in [0.25, 0.3) is 49.2 Å². The molecule has 4 aromatic carbocycles. The van der Waals surface area contributed by atoms with E-state index in [1.54, 1.807) is 0 Å². The average Bonchev–Trinajstić information content (AvgIpc) is 3.40. The lowest BCUT2D eigenvalue weighted by atomic mass is 9.97. The molecule has 1 N–H and O–H groups in total.